The van der Waals surface area contributed by atoms with Crippen LogP contribution in [0, 0.1) is 17.8 Å². The number of hydrogen-bond donors (Lipinski definition) is 2. The van der Waals surface area contributed by atoms with Crippen LogP contribution >= 0.6 is 0 Å². The van der Waals surface area contributed by atoms with E-state index in [1.807, 2.05) is 0 Å². The highest BCUT2D eigenvalue weighted by atomic mass is 16.1. The van der Waals surface area contributed by atoms with E-state index in [4.69, 9.17) is 0 Å². The Bertz CT molecular complexity index is 207. The summed E-state index contributed by atoms with van der Waals surface area (Å²) >= 11 is 0. The molecule has 0 aromatic rings. The van der Waals surface area contributed by atoms with Gasteiger partial charge in [-0.1, -0.05) is 6.92 Å². The number of carbonyl (C=O) groups is 1. The Morgan fingerprint density at radius 2 is 1.93 bits per heavy atom. The average molecular weight is 196 g/mol. The van der Waals surface area contributed by atoms with Crippen LogP contribution < -0.4 is 10.6 Å². The van der Waals surface area contributed by atoms with Gasteiger partial charge in [-0.15, -0.1) is 0 Å². The second kappa shape index (κ2) is 4.30. The van der Waals surface area contributed by atoms with Gasteiger partial charge in [-0.05, 0) is 37.6 Å². The molecule has 2 aliphatic rings. The first-order valence-electron chi connectivity index (χ1n) is 5.79. The predicted molar refractivity (Wildman–Crippen MR) is 55.9 cm³/mol. The molecular formula is C11H20N2O. The highest BCUT2D eigenvalue weighted by Gasteiger charge is 2.47. The standard InChI is InChI=1S/C11H20N2O/c1-2-12-3-4-13-11(14)10-6-8-5-9(8)7-10/h8-10,12H,2-7H2,1H3,(H,13,14). The van der Waals surface area contributed by atoms with E-state index in [-0.39, 0.29) is 5.91 Å². The van der Waals surface area contributed by atoms with Crippen molar-refractivity contribution in [3.63, 3.8) is 0 Å². The van der Waals surface area contributed by atoms with Gasteiger partial charge in [0.15, 0.2) is 0 Å². The monoisotopic (exact) mass is 196 g/mol. The number of amides is 1. The molecule has 2 saturated carbocycles. The summed E-state index contributed by atoms with van der Waals surface area (Å²) in [6, 6.07) is 0. The first-order valence-corrected chi connectivity index (χ1v) is 5.79. The molecule has 0 bridgehead atoms. The van der Waals surface area contributed by atoms with Crippen molar-refractivity contribution in [2.45, 2.75) is 26.2 Å². The van der Waals surface area contributed by atoms with Gasteiger partial charge >= 0.3 is 0 Å². The molecule has 2 atom stereocenters. The van der Waals surface area contributed by atoms with E-state index in [0.717, 1.165) is 44.3 Å². The second-order valence-electron chi connectivity index (χ2n) is 4.57. The van der Waals surface area contributed by atoms with Crippen molar-refractivity contribution in [1.29, 1.82) is 0 Å². The highest BCUT2D eigenvalue weighted by molar-refractivity contribution is 5.79. The molecule has 2 rings (SSSR count). The summed E-state index contributed by atoms with van der Waals surface area (Å²) in [7, 11) is 0. The first-order chi connectivity index (χ1) is 6.81. The van der Waals surface area contributed by atoms with E-state index in [1.165, 1.54) is 6.42 Å². The molecule has 80 valence electrons. The van der Waals surface area contributed by atoms with Crippen molar-refractivity contribution < 1.29 is 4.79 Å². The Morgan fingerprint density at radius 3 is 2.57 bits per heavy atom. The topological polar surface area (TPSA) is 41.1 Å². The van der Waals surface area contributed by atoms with Crippen LogP contribution in [0.25, 0.3) is 0 Å². The minimum absolute atomic E-state index is 0.287. The maximum atomic E-state index is 11.6. The molecule has 2 aliphatic carbocycles. The third-order valence-electron chi connectivity index (χ3n) is 3.47. The van der Waals surface area contributed by atoms with Crippen LogP contribution in [0.1, 0.15) is 26.2 Å². The molecule has 1 amide bonds. The molecule has 3 nitrogen and oxygen atoms in total. The quantitative estimate of drug-likeness (QED) is 0.637. The van der Waals surface area contributed by atoms with Gasteiger partial charge < -0.3 is 10.6 Å². The van der Waals surface area contributed by atoms with E-state index >= 15 is 0 Å². The Labute approximate surface area is 85.6 Å². The van der Waals surface area contributed by atoms with Crippen LogP contribution in [0.15, 0.2) is 0 Å². The molecule has 0 heterocycles. The van der Waals surface area contributed by atoms with Gasteiger partial charge in [0.1, 0.15) is 0 Å². The van der Waals surface area contributed by atoms with Crippen LogP contribution in [-0.4, -0.2) is 25.5 Å². The summed E-state index contributed by atoms with van der Waals surface area (Å²) in [5.74, 6) is 2.43. The number of fused-ring (bicyclic) bond motifs is 1. The number of rotatable bonds is 5. The van der Waals surface area contributed by atoms with Gasteiger partial charge in [0.25, 0.3) is 0 Å². The zero-order valence-corrected chi connectivity index (χ0v) is 8.88. The SMILES string of the molecule is CCNCCNC(=O)C1CC2CC2C1. The van der Waals surface area contributed by atoms with Gasteiger partial charge in [0, 0.05) is 19.0 Å². The lowest BCUT2D eigenvalue weighted by Gasteiger charge is -2.12. The molecule has 2 fully saturated rings. The Hall–Kier alpha value is -0.570. The summed E-state index contributed by atoms with van der Waals surface area (Å²) in [6.07, 6.45) is 3.69. The van der Waals surface area contributed by atoms with Gasteiger partial charge in [0.2, 0.25) is 5.91 Å². The second-order valence-corrected chi connectivity index (χ2v) is 4.57. The highest BCUT2D eigenvalue weighted by Crippen LogP contribution is 2.54. The summed E-state index contributed by atoms with van der Waals surface area (Å²) in [5.41, 5.74) is 0. The van der Waals surface area contributed by atoms with Crippen LogP contribution in [0.2, 0.25) is 0 Å². The van der Waals surface area contributed by atoms with E-state index in [1.54, 1.807) is 0 Å². The smallest absolute Gasteiger partial charge is 0.223 e. The molecule has 2 N–H and O–H groups in total. The van der Waals surface area contributed by atoms with Crippen molar-refractivity contribution in [3.8, 4) is 0 Å². The Kier molecular flexibility index (Phi) is 3.06. The van der Waals surface area contributed by atoms with Gasteiger partial charge in [-0.3, -0.25) is 4.79 Å². The zero-order valence-electron chi connectivity index (χ0n) is 8.88. The third-order valence-corrected chi connectivity index (χ3v) is 3.47. The van der Waals surface area contributed by atoms with Crippen molar-refractivity contribution in [3.05, 3.63) is 0 Å². The number of likely N-dealkylation sites (N-methyl/N-ethyl adjacent to an activating group) is 1. The third kappa shape index (κ3) is 2.27. The van der Waals surface area contributed by atoms with Gasteiger partial charge in [-0.2, -0.15) is 0 Å². The molecule has 14 heavy (non-hydrogen) atoms. The summed E-state index contributed by atoms with van der Waals surface area (Å²) in [5, 5.41) is 6.20. The van der Waals surface area contributed by atoms with Gasteiger partial charge in [-0.25, -0.2) is 0 Å². The van der Waals surface area contributed by atoms with Crippen molar-refractivity contribution in [1.82, 2.24) is 10.6 Å². The van der Waals surface area contributed by atoms with Crippen LogP contribution in [0.3, 0.4) is 0 Å². The normalized spacial score (nSPS) is 33.9. The molecule has 0 aromatic heterocycles. The molecule has 0 saturated heterocycles. The fraction of sp³-hybridized carbons (Fsp3) is 0.909. The van der Waals surface area contributed by atoms with E-state index < -0.39 is 0 Å². The fourth-order valence-corrected chi connectivity index (χ4v) is 2.52. The Morgan fingerprint density at radius 1 is 1.21 bits per heavy atom. The number of carbonyl (C=O) groups excluding carboxylic acids is 1. The van der Waals surface area contributed by atoms with Gasteiger partial charge in [0.05, 0.1) is 0 Å². The molecule has 3 heteroatoms. The van der Waals surface area contributed by atoms with E-state index in [9.17, 15) is 4.79 Å². The first kappa shape index (κ1) is 9.97. The molecule has 2 unspecified atom stereocenters. The van der Waals surface area contributed by atoms with Crippen LogP contribution in [0.4, 0.5) is 0 Å². The number of hydrogen-bond acceptors (Lipinski definition) is 2. The minimum atomic E-state index is 0.287. The molecular weight excluding hydrogens is 176 g/mol. The molecule has 0 spiro atoms. The number of nitrogens with one attached hydrogen (secondary N) is 2. The predicted octanol–water partition coefficient (Wildman–Crippen LogP) is 0.758. The Balaban J connectivity index is 1.59. The fourth-order valence-electron chi connectivity index (χ4n) is 2.52. The van der Waals surface area contributed by atoms with Crippen LogP contribution in [0.5, 0.6) is 0 Å². The molecule has 0 radical (unpaired) electrons. The lowest BCUT2D eigenvalue weighted by molar-refractivity contribution is -0.125. The average Bonchev–Trinajstić information content (AvgIpc) is 2.80. The van der Waals surface area contributed by atoms with E-state index in [0.29, 0.717) is 5.92 Å². The zero-order chi connectivity index (χ0) is 9.97. The summed E-state index contributed by atoms with van der Waals surface area (Å²) in [6.45, 7) is 4.72. The lowest BCUT2D eigenvalue weighted by atomic mass is 10.0. The largest absolute Gasteiger partial charge is 0.355 e. The lowest BCUT2D eigenvalue weighted by Crippen LogP contribution is -2.35. The maximum Gasteiger partial charge on any atom is 0.223 e. The summed E-state index contributed by atoms with van der Waals surface area (Å²) < 4.78 is 0. The van der Waals surface area contributed by atoms with E-state index in [2.05, 4.69) is 17.6 Å². The van der Waals surface area contributed by atoms with Crippen molar-refractivity contribution in [2.75, 3.05) is 19.6 Å². The molecule has 0 aliphatic heterocycles. The van der Waals surface area contributed by atoms with Crippen molar-refractivity contribution >= 4 is 5.91 Å². The maximum absolute atomic E-state index is 11.6. The summed E-state index contributed by atoms with van der Waals surface area (Å²) in [4.78, 5) is 11.6. The van der Waals surface area contributed by atoms with Crippen LogP contribution in [-0.2, 0) is 4.79 Å². The molecule has 0 aromatic carbocycles. The minimum Gasteiger partial charge on any atom is -0.355 e. The van der Waals surface area contributed by atoms with Crippen molar-refractivity contribution in [2.24, 2.45) is 17.8 Å².